The molecule has 0 radical (unpaired) electrons. The monoisotopic (exact) mass is 401 g/mol. The molecule has 0 unspecified atom stereocenters. The van der Waals surface area contributed by atoms with E-state index in [1.165, 1.54) is 6.07 Å². The predicted molar refractivity (Wildman–Crippen MR) is 102 cm³/mol. The molecule has 0 bridgehead atoms. The Morgan fingerprint density at radius 3 is 2.62 bits per heavy atom. The van der Waals surface area contributed by atoms with Crippen LogP contribution in [0.2, 0.25) is 0 Å². The number of alkyl halides is 3. The molecule has 0 atom stereocenters. The average molecular weight is 401 g/mol. The predicted octanol–water partition coefficient (Wildman–Crippen LogP) is 5.38. The number of hydrogen-bond acceptors (Lipinski definition) is 5. The second-order valence-corrected chi connectivity index (χ2v) is 6.74. The largest absolute Gasteiger partial charge is 0.416 e. The Balaban J connectivity index is 1.68. The SMILES string of the molecule is Cc1noc(C)c1CN1OC/C(=N\c2cccc(C(F)(F)F)c2)c2ccccc21. The number of halogens is 3. The molecule has 1 aromatic heterocycles. The zero-order valence-corrected chi connectivity index (χ0v) is 15.8. The number of anilines is 1. The molecule has 0 spiro atoms. The number of aryl methyl sites for hydroxylation is 2. The minimum atomic E-state index is -4.41. The first-order valence-electron chi connectivity index (χ1n) is 8.99. The third-order valence-electron chi connectivity index (χ3n) is 4.76. The summed E-state index contributed by atoms with van der Waals surface area (Å²) in [6.45, 7) is 4.28. The maximum Gasteiger partial charge on any atom is 0.416 e. The molecule has 0 N–H and O–H groups in total. The van der Waals surface area contributed by atoms with Gasteiger partial charge in [0.25, 0.3) is 0 Å². The molecule has 3 aromatic rings. The Bertz CT molecular complexity index is 1050. The number of fused-ring (bicyclic) bond motifs is 1. The second kappa shape index (κ2) is 7.36. The molecule has 8 heteroatoms. The Morgan fingerprint density at radius 2 is 1.90 bits per heavy atom. The van der Waals surface area contributed by atoms with Crippen LogP contribution in [0, 0.1) is 13.8 Å². The summed E-state index contributed by atoms with van der Waals surface area (Å²) in [5, 5.41) is 5.69. The summed E-state index contributed by atoms with van der Waals surface area (Å²) in [7, 11) is 0. The average Bonchev–Trinajstić information content (AvgIpc) is 3.01. The lowest BCUT2D eigenvalue weighted by atomic mass is 10.1. The number of hydrogen-bond donors (Lipinski definition) is 0. The highest BCUT2D eigenvalue weighted by Gasteiger charge is 2.30. The van der Waals surface area contributed by atoms with E-state index in [1.54, 1.807) is 11.1 Å². The van der Waals surface area contributed by atoms with E-state index < -0.39 is 11.7 Å². The summed E-state index contributed by atoms with van der Waals surface area (Å²) in [4.78, 5) is 10.3. The Labute approximate surface area is 165 Å². The number of rotatable bonds is 3. The number of aliphatic imine (C=N–C) groups is 1. The molecule has 0 amide bonds. The fourth-order valence-electron chi connectivity index (χ4n) is 3.22. The van der Waals surface area contributed by atoms with E-state index in [2.05, 4.69) is 10.1 Å². The fourth-order valence-corrected chi connectivity index (χ4v) is 3.22. The number of benzene rings is 2. The lowest BCUT2D eigenvalue weighted by Crippen LogP contribution is -2.33. The number of hydroxylamine groups is 1. The highest BCUT2D eigenvalue weighted by atomic mass is 19.4. The van der Waals surface area contributed by atoms with Gasteiger partial charge in [-0.25, -0.2) is 5.06 Å². The third kappa shape index (κ3) is 3.88. The van der Waals surface area contributed by atoms with Crippen LogP contribution in [-0.4, -0.2) is 17.5 Å². The van der Waals surface area contributed by atoms with Crippen LogP contribution in [0.5, 0.6) is 0 Å². The smallest absolute Gasteiger partial charge is 0.361 e. The summed E-state index contributed by atoms with van der Waals surface area (Å²) in [6, 6.07) is 12.4. The summed E-state index contributed by atoms with van der Waals surface area (Å²) in [5.74, 6) is 0.715. The fraction of sp³-hybridized carbons (Fsp3) is 0.238. The Morgan fingerprint density at radius 1 is 1.10 bits per heavy atom. The van der Waals surface area contributed by atoms with E-state index in [9.17, 15) is 13.2 Å². The minimum absolute atomic E-state index is 0.136. The number of nitrogens with zero attached hydrogens (tertiary/aromatic N) is 3. The van der Waals surface area contributed by atoms with Crippen molar-refractivity contribution < 1.29 is 22.5 Å². The van der Waals surface area contributed by atoms with Crippen LogP contribution in [0.4, 0.5) is 24.5 Å². The van der Waals surface area contributed by atoms with Gasteiger partial charge in [-0.3, -0.25) is 9.83 Å². The van der Waals surface area contributed by atoms with Crippen molar-refractivity contribution in [2.75, 3.05) is 11.7 Å². The van der Waals surface area contributed by atoms with Crippen LogP contribution in [0.1, 0.15) is 28.1 Å². The van der Waals surface area contributed by atoms with Crippen LogP contribution in [0.25, 0.3) is 0 Å². The molecule has 2 aromatic carbocycles. The van der Waals surface area contributed by atoms with Crippen molar-refractivity contribution in [3.05, 3.63) is 76.7 Å². The molecule has 5 nitrogen and oxygen atoms in total. The van der Waals surface area contributed by atoms with Gasteiger partial charge in [0.05, 0.1) is 34.9 Å². The highest BCUT2D eigenvalue weighted by Crippen LogP contribution is 2.33. The van der Waals surface area contributed by atoms with Gasteiger partial charge >= 0.3 is 6.18 Å². The first-order chi connectivity index (χ1) is 13.8. The van der Waals surface area contributed by atoms with Gasteiger partial charge in [0, 0.05) is 11.1 Å². The van der Waals surface area contributed by atoms with E-state index in [0.29, 0.717) is 18.0 Å². The van der Waals surface area contributed by atoms with Crippen molar-refractivity contribution in [3.63, 3.8) is 0 Å². The Kier molecular flexibility index (Phi) is 4.87. The van der Waals surface area contributed by atoms with Gasteiger partial charge in [-0.05, 0) is 38.1 Å². The first kappa shape index (κ1) is 19.2. The Hall–Kier alpha value is -3.13. The van der Waals surface area contributed by atoms with Gasteiger partial charge in [0.15, 0.2) is 0 Å². The maximum atomic E-state index is 13.0. The van der Waals surface area contributed by atoms with E-state index in [-0.39, 0.29) is 12.3 Å². The van der Waals surface area contributed by atoms with E-state index in [4.69, 9.17) is 9.36 Å². The van der Waals surface area contributed by atoms with Crippen molar-refractivity contribution in [3.8, 4) is 0 Å². The molecule has 29 heavy (non-hydrogen) atoms. The van der Waals surface area contributed by atoms with Crippen molar-refractivity contribution in [2.24, 2.45) is 4.99 Å². The highest BCUT2D eigenvalue weighted by molar-refractivity contribution is 6.08. The molecular weight excluding hydrogens is 383 g/mol. The van der Waals surface area contributed by atoms with E-state index in [1.807, 2.05) is 38.1 Å². The zero-order chi connectivity index (χ0) is 20.6. The molecule has 150 valence electrons. The molecule has 1 aliphatic rings. The summed E-state index contributed by atoms with van der Waals surface area (Å²) >= 11 is 0. The number of para-hydroxylation sites is 1. The van der Waals surface area contributed by atoms with Crippen LogP contribution < -0.4 is 5.06 Å². The molecule has 4 rings (SSSR count). The minimum Gasteiger partial charge on any atom is -0.361 e. The van der Waals surface area contributed by atoms with Gasteiger partial charge in [0.2, 0.25) is 0 Å². The van der Waals surface area contributed by atoms with Crippen molar-refractivity contribution in [2.45, 2.75) is 26.6 Å². The number of aromatic nitrogens is 1. The van der Waals surface area contributed by atoms with Crippen LogP contribution in [-0.2, 0) is 17.6 Å². The van der Waals surface area contributed by atoms with Crippen LogP contribution in [0.3, 0.4) is 0 Å². The molecule has 1 aliphatic heterocycles. The van der Waals surface area contributed by atoms with Gasteiger partial charge in [-0.1, -0.05) is 29.4 Å². The summed E-state index contributed by atoms with van der Waals surface area (Å²) < 4.78 is 44.2. The van der Waals surface area contributed by atoms with Gasteiger partial charge in [0.1, 0.15) is 12.4 Å². The maximum absolute atomic E-state index is 13.0. The quantitative estimate of drug-likeness (QED) is 0.591. The van der Waals surface area contributed by atoms with Gasteiger partial charge < -0.3 is 4.52 Å². The molecule has 0 saturated carbocycles. The summed E-state index contributed by atoms with van der Waals surface area (Å²) in [5.41, 5.74) is 3.37. The topological polar surface area (TPSA) is 50.9 Å². The van der Waals surface area contributed by atoms with E-state index in [0.717, 1.165) is 34.6 Å². The molecule has 0 fully saturated rings. The molecule has 0 saturated heterocycles. The van der Waals surface area contributed by atoms with Crippen LogP contribution in [0.15, 0.2) is 58.0 Å². The lowest BCUT2D eigenvalue weighted by molar-refractivity contribution is -0.137. The standard InChI is InChI=1S/C21H18F3N3O2/c1-13-18(14(2)29-26-13)11-27-20-9-4-3-8-17(20)19(12-28-27)25-16-7-5-6-15(10-16)21(22,23)24/h3-10H,11-12H2,1-2H3/b25-19+. The van der Waals surface area contributed by atoms with Crippen molar-refractivity contribution >= 4 is 17.1 Å². The van der Waals surface area contributed by atoms with Gasteiger partial charge in [-0.15, -0.1) is 0 Å². The summed E-state index contributed by atoms with van der Waals surface area (Å²) in [6.07, 6.45) is -4.41. The zero-order valence-electron chi connectivity index (χ0n) is 15.8. The lowest BCUT2D eigenvalue weighted by Gasteiger charge is -2.31. The van der Waals surface area contributed by atoms with Crippen molar-refractivity contribution in [1.82, 2.24) is 5.16 Å². The van der Waals surface area contributed by atoms with Crippen molar-refractivity contribution in [1.29, 1.82) is 0 Å². The molecular formula is C21H18F3N3O2. The van der Waals surface area contributed by atoms with Crippen LogP contribution >= 0.6 is 0 Å². The third-order valence-corrected chi connectivity index (χ3v) is 4.76. The second-order valence-electron chi connectivity index (χ2n) is 6.74. The molecule has 2 heterocycles. The normalized spacial score (nSPS) is 15.6. The molecule has 0 aliphatic carbocycles. The first-order valence-corrected chi connectivity index (χ1v) is 8.99. The van der Waals surface area contributed by atoms with E-state index >= 15 is 0 Å². The van der Waals surface area contributed by atoms with Gasteiger partial charge in [-0.2, -0.15) is 13.2 Å².